The van der Waals surface area contributed by atoms with Crippen LogP contribution >= 0.6 is 0 Å². The molecule has 1 aromatic carbocycles. The minimum atomic E-state index is -0.963. The molecule has 3 aromatic heterocycles. The van der Waals surface area contributed by atoms with Gasteiger partial charge >= 0.3 is 0 Å². The fourth-order valence-electron chi connectivity index (χ4n) is 2.75. The lowest BCUT2D eigenvalue weighted by atomic mass is 10.0. The number of pyridine rings is 1. The average molecular weight is 380 g/mol. The Kier molecular flexibility index (Phi) is 4.67. The molecule has 28 heavy (non-hydrogen) atoms. The Morgan fingerprint density at radius 1 is 1.07 bits per heavy atom. The van der Waals surface area contributed by atoms with Gasteiger partial charge in [-0.3, -0.25) is 9.78 Å². The van der Waals surface area contributed by atoms with E-state index in [1.54, 1.807) is 24.7 Å². The predicted molar refractivity (Wildman–Crippen MR) is 97.0 cm³/mol. The zero-order chi connectivity index (χ0) is 19.5. The van der Waals surface area contributed by atoms with Crippen LogP contribution in [-0.4, -0.2) is 21.0 Å². The van der Waals surface area contributed by atoms with E-state index in [1.165, 1.54) is 12.3 Å². The van der Waals surface area contributed by atoms with Gasteiger partial charge in [0.1, 0.15) is 5.69 Å². The number of amides is 1. The molecule has 3 heterocycles. The average Bonchev–Trinajstić information content (AvgIpc) is 3.38. The molecule has 0 atom stereocenters. The zero-order valence-corrected chi connectivity index (χ0v) is 14.4. The SMILES string of the molecule is O=C(NCc1ccncc1)c1cc(-c2oncc2-c2ccc(F)c(F)c2)c[nH]1. The highest BCUT2D eigenvalue weighted by atomic mass is 19.2. The largest absolute Gasteiger partial charge is 0.356 e. The Balaban J connectivity index is 1.54. The van der Waals surface area contributed by atoms with Crippen LogP contribution in [0.3, 0.4) is 0 Å². The second-order valence-electron chi connectivity index (χ2n) is 6.04. The van der Waals surface area contributed by atoms with Gasteiger partial charge in [-0.2, -0.15) is 0 Å². The minimum absolute atomic E-state index is 0.294. The van der Waals surface area contributed by atoms with Crippen LogP contribution in [0.1, 0.15) is 16.1 Å². The maximum absolute atomic E-state index is 13.6. The number of hydrogen-bond donors (Lipinski definition) is 2. The molecule has 4 rings (SSSR count). The van der Waals surface area contributed by atoms with E-state index in [-0.39, 0.29) is 5.91 Å². The van der Waals surface area contributed by atoms with E-state index in [4.69, 9.17) is 4.52 Å². The Bertz CT molecular complexity index is 1120. The lowest BCUT2D eigenvalue weighted by Gasteiger charge is -2.03. The first-order valence-corrected chi connectivity index (χ1v) is 8.38. The molecule has 2 N–H and O–H groups in total. The fraction of sp³-hybridized carbons (Fsp3) is 0.0500. The van der Waals surface area contributed by atoms with Gasteiger partial charge in [0, 0.05) is 36.3 Å². The summed E-state index contributed by atoms with van der Waals surface area (Å²) in [5.41, 5.74) is 2.72. The van der Waals surface area contributed by atoms with Gasteiger partial charge in [-0.25, -0.2) is 8.78 Å². The third kappa shape index (κ3) is 3.52. The van der Waals surface area contributed by atoms with Crippen LogP contribution in [0.2, 0.25) is 0 Å². The van der Waals surface area contributed by atoms with Crippen molar-refractivity contribution in [1.29, 1.82) is 0 Å². The predicted octanol–water partition coefficient (Wildman–Crippen LogP) is 3.94. The first-order chi connectivity index (χ1) is 13.6. The van der Waals surface area contributed by atoms with Crippen LogP contribution in [0.5, 0.6) is 0 Å². The van der Waals surface area contributed by atoms with Crippen molar-refractivity contribution in [2.75, 3.05) is 0 Å². The smallest absolute Gasteiger partial charge is 0.267 e. The molecule has 1 amide bonds. The second-order valence-corrected chi connectivity index (χ2v) is 6.04. The number of halogens is 2. The summed E-state index contributed by atoms with van der Waals surface area (Å²) < 4.78 is 32.0. The molecule has 0 aliphatic rings. The van der Waals surface area contributed by atoms with Gasteiger partial charge in [0.15, 0.2) is 17.4 Å². The summed E-state index contributed by atoms with van der Waals surface area (Å²) in [5, 5.41) is 6.54. The van der Waals surface area contributed by atoms with Gasteiger partial charge in [-0.1, -0.05) is 11.2 Å². The quantitative estimate of drug-likeness (QED) is 0.549. The van der Waals surface area contributed by atoms with Crippen molar-refractivity contribution in [2.45, 2.75) is 6.54 Å². The molecule has 0 saturated carbocycles. The number of benzene rings is 1. The minimum Gasteiger partial charge on any atom is -0.356 e. The normalized spacial score (nSPS) is 10.8. The molecule has 0 aliphatic heterocycles. The van der Waals surface area contributed by atoms with E-state index in [0.717, 1.165) is 17.7 Å². The van der Waals surface area contributed by atoms with E-state index in [9.17, 15) is 13.6 Å². The Labute approximate surface area is 158 Å². The monoisotopic (exact) mass is 380 g/mol. The summed E-state index contributed by atoms with van der Waals surface area (Å²) in [6.07, 6.45) is 6.30. The van der Waals surface area contributed by atoms with E-state index in [1.807, 2.05) is 12.1 Å². The molecule has 0 aliphatic carbocycles. The van der Waals surface area contributed by atoms with Crippen LogP contribution in [0.4, 0.5) is 8.78 Å². The summed E-state index contributed by atoms with van der Waals surface area (Å²) in [4.78, 5) is 19.2. The van der Waals surface area contributed by atoms with Gasteiger partial charge in [-0.15, -0.1) is 0 Å². The van der Waals surface area contributed by atoms with Crippen molar-refractivity contribution < 1.29 is 18.1 Å². The number of aromatic nitrogens is 3. The fourth-order valence-corrected chi connectivity index (χ4v) is 2.75. The van der Waals surface area contributed by atoms with Gasteiger partial charge in [0.05, 0.1) is 6.20 Å². The van der Waals surface area contributed by atoms with Crippen LogP contribution in [0.15, 0.2) is 65.7 Å². The van der Waals surface area contributed by atoms with Crippen LogP contribution in [-0.2, 0) is 6.54 Å². The summed E-state index contributed by atoms with van der Waals surface area (Å²) in [7, 11) is 0. The first kappa shape index (κ1) is 17.6. The molecule has 6 nitrogen and oxygen atoms in total. The molecular formula is C20H14F2N4O2. The van der Waals surface area contributed by atoms with Crippen molar-refractivity contribution >= 4 is 5.91 Å². The number of aromatic amines is 1. The molecule has 0 spiro atoms. The molecular weight excluding hydrogens is 366 g/mol. The van der Waals surface area contributed by atoms with Crippen molar-refractivity contribution in [3.8, 4) is 22.5 Å². The lowest BCUT2D eigenvalue weighted by Crippen LogP contribution is -2.22. The van der Waals surface area contributed by atoms with Gasteiger partial charge < -0.3 is 14.8 Å². The number of rotatable bonds is 5. The molecule has 0 fully saturated rings. The molecule has 0 unspecified atom stereocenters. The van der Waals surface area contributed by atoms with Crippen molar-refractivity contribution in [2.24, 2.45) is 0 Å². The van der Waals surface area contributed by atoms with E-state index < -0.39 is 11.6 Å². The summed E-state index contributed by atoms with van der Waals surface area (Å²) >= 11 is 0. The molecule has 8 heteroatoms. The molecule has 0 saturated heterocycles. The number of nitrogens with one attached hydrogen (secondary N) is 2. The van der Waals surface area contributed by atoms with Gasteiger partial charge in [0.2, 0.25) is 0 Å². The highest BCUT2D eigenvalue weighted by Crippen LogP contribution is 2.33. The second kappa shape index (κ2) is 7.43. The summed E-state index contributed by atoms with van der Waals surface area (Å²) in [5.74, 6) is -1.85. The number of H-pyrrole nitrogens is 1. The van der Waals surface area contributed by atoms with E-state index in [2.05, 4.69) is 20.4 Å². The number of nitrogens with zero attached hydrogens (tertiary/aromatic N) is 2. The highest BCUT2D eigenvalue weighted by molar-refractivity contribution is 5.94. The van der Waals surface area contributed by atoms with Crippen LogP contribution < -0.4 is 5.32 Å². The van der Waals surface area contributed by atoms with Crippen LogP contribution in [0.25, 0.3) is 22.5 Å². The maximum Gasteiger partial charge on any atom is 0.267 e. The lowest BCUT2D eigenvalue weighted by molar-refractivity contribution is 0.0946. The van der Waals surface area contributed by atoms with Gasteiger partial charge in [-0.05, 0) is 41.5 Å². The van der Waals surface area contributed by atoms with Crippen molar-refractivity contribution in [1.82, 2.24) is 20.4 Å². The topological polar surface area (TPSA) is 83.8 Å². The standard InChI is InChI=1S/C20H14F2N4O2/c21-16-2-1-13(7-17(16)22)15-11-26-28-19(15)14-8-18(24-10-14)20(27)25-9-12-3-5-23-6-4-12/h1-8,10-11,24H,9H2,(H,25,27). The molecule has 4 aromatic rings. The van der Waals surface area contributed by atoms with Gasteiger partial charge in [0.25, 0.3) is 5.91 Å². The third-order valence-corrected chi connectivity index (χ3v) is 4.19. The van der Waals surface area contributed by atoms with E-state index >= 15 is 0 Å². The zero-order valence-electron chi connectivity index (χ0n) is 14.4. The number of carbonyl (C=O) groups is 1. The summed E-state index contributed by atoms with van der Waals surface area (Å²) in [6.45, 7) is 0.359. The summed E-state index contributed by atoms with van der Waals surface area (Å²) in [6, 6.07) is 8.76. The molecule has 0 bridgehead atoms. The number of hydrogen-bond acceptors (Lipinski definition) is 4. The van der Waals surface area contributed by atoms with Crippen molar-refractivity contribution in [3.05, 3.63) is 84.1 Å². The highest BCUT2D eigenvalue weighted by Gasteiger charge is 2.17. The van der Waals surface area contributed by atoms with Crippen LogP contribution in [0, 0.1) is 11.6 Å². The first-order valence-electron chi connectivity index (χ1n) is 8.38. The molecule has 140 valence electrons. The van der Waals surface area contributed by atoms with E-state index in [0.29, 0.717) is 34.7 Å². The Hall–Kier alpha value is -3.81. The Morgan fingerprint density at radius 3 is 2.68 bits per heavy atom. The number of carbonyl (C=O) groups excluding carboxylic acids is 1. The third-order valence-electron chi connectivity index (χ3n) is 4.19. The molecule has 0 radical (unpaired) electrons. The van der Waals surface area contributed by atoms with Crippen molar-refractivity contribution in [3.63, 3.8) is 0 Å². The maximum atomic E-state index is 13.6. The Morgan fingerprint density at radius 2 is 1.89 bits per heavy atom.